The summed E-state index contributed by atoms with van der Waals surface area (Å²) in [6.07, 6.45) is 2.13. The van der Waals surface area contributed by atoms with Crippen molar-refractivity contribution in [2.45, 2.75) is 50.0 Å². The molecule has 14 heteroatoms. The van der Waals surface area contributed by atoms with Crippen molar-refractivity contribution in [1.29, 1.82) is 0 Å². The number of phenolic OH excluding ortho intramolecular Hbond substituents is 1. The molecule has 2 saturated heterocycles. The highest BCUT2D eigenvalue weighted by molar-refractivity contribution is 5.94. The number of hydrogen-bond donors (Lipinski definition) is 6. The summed E-state index contributed by atoms with van der Waals surface area (Å²) < 4.78 is 11.8. The fraction of sp³-hybridized carbons (Fsp3) is 0.321. The summed E-state index contributed by atoms with van der Waals surface area (Å²) in [7, 11) is 0. The number of ether oxygens (including phenoxy) is 2. The number of aliphatic hydroxyl groups excluding tert-OH is 1. The molecule has 348 valence electrons. The topological polar surface area (TPSA) is 194 Å². The molecular weight excluding hydrogens is 851 g/mol. The Kier molecular flexibility index (Phi) is 15.1. The number of carbonyl (C=O) groups excluding carboxylic acids is 3. The second kappa shape index (κ2) is 21.6. The Labute approximate surface area is 389 Å². The largest absolute Gasteiger partial charge is 0.506 e. The van der Waals surface area contributed by atoms with Crippen LogP contribution in [0.25, 0.3) is 10.9 Å². The number of carbonyl (C=O) groups is 3. The number of benzene rings is 5. The third-order valence-corrected chi connectivity index (χ3v) is 12.8. The number of phenols is 1. The lowest BCUT2D eigenvalue weighted by Gasteiger charge is -2.33. The number of piperidine rings is 1. The maximum absolute atomic E-state index is 13.9. The zero-order valence-corrected chi connectivity index (χ0v) is 37.3. The minimum Gasteiger partial charge on any atom is -0.506 e. The maximum Gasteiger partial charge on any atom is 0.347 e. The third kappa shape index (κ3) is 11.6. The first-order valence-electron chi connectivity index (χ1n) is 22.9. The first-order chi connectivity index (χ1) is 32.5. The van der Waals surface area contributed by atoms with Crippen LogP contribution in [-0.4, -0.2) is 106 Å². The zero-order valence-electron chi connectivity index (χ0n) is 37.3. The summed E-state index contributed by atoms with van der Waals surface area (Å²) in [6.45, 7) is 4.20. The Hall–Kier alpha value is -6.84. The van der Waals surface area contributed by atoms with Gasteiger partial charge in [0.05, 0.1) is 18.2 Å². The summed E-state index contributed by atoms with van der Waals surface area (Å²) in [5.41, 5.74) is 1.80. The highest BCUT2D eigenvalue weighted by Crippen LogP contribution is 2.34. The Morgan fingerprint density at radius 1 is 0.806 bits per heavy atom. The number of aliphatic hydroxyl groups is 2. The van der Waals surface area contributed by atoms with Crippen LogP contribution in [-0.2, 0) is 32.9 Å². The number of hydrogen-bond acceptors (Lipinski definition) is 11. The molecule has 1 aromatic heterocycles. The van der Waals surface area contributed by atoms with E-state index in [0.717, 1.165) is 38.0 Å². The quantitative estimate of drug-likeness (QED) is 0.0491. The lowest BCUT2D eigenvalue weighted by atomic mass is 9.86. The molecule has 1 unspecified atom stereocenters. The number of esters is 1. The van der Waals surface area contributed by atoms with E-state index < -0.39 is 17.7 Å². The van der Waals surface area contributed by atoms with Crippen LogP contribution in [0.15, 0.2) is 138 Å². The second-order valence-electron chi connectivity index (χ2n) is 17.4. The molecule has 0 saturated carbocycles. The van der Waals surface area contributed by atoms with Gasteiger partial charge in [0.15, 0.2) is 6.61 Å². The van der Waals surface area contributed by atoms with E-state index in [2.05, 4.69) is 32.7 Å². The molecule has 3 atom stereocenters. The Morgan fingerprint density at radius 3 is 2.30 bits per heavy atom. The molecule has 0 aliphatic carbocycles. The number of likely N-dealkylation sites (tertiary alicyclic amines) is 2. The Morgan fingerprint density at radius 2 is 1.54 bits per heavy atom. The van der Waals surface area contributed by atoms with Crippen LogP contribution in [0, 0.1) is 5.92 Å². The summed E-state index contributed by atoms with van der Waals surface area (Å²) in [6, 6.07) is 38.7. The highest BCUT2D eigenvalue weighted by atomic mass is 16.5. The lowest BCUT2D eigenvalue weighted by molar-refractivity contribution is -0.164. The second-order valence-corrected chi connectivity index (χ2v) is 17.4. The Balaban J connectivity index is 0.781. The van der Waals surface area contributed by atoms with Gasteiger partial charge in [-0.25, -0.2) is 4.79 Å². The van der Waals surface area contributed by atoms with Crippen LogP contribution in [0.1, 0.15) is 63.5 Å². The first kappa shape index (κ1) is 46.7. The third-order valence-electron chi connectivity index (χ3n) is 12.8. The molecule has 6 N–H and O–H groups in total. The van der Waals surface area contributed by atoms with Crippen molar-refractivity contribution in [1.82, 2.24) is 25.4 Å². The summed E-state index contributed by atoms with van der Waals surface area (Å²) >= 11 is 0. The number of amides is 2. The van der Waals surface area contributed by atoms with Gasteiger partial charge in [-0.15, -0.1) is 0 Å². The van der Waals surface area contributed by atoms with Crippen molar-refractivity contribution >= 4 is 28.7 Å². The highest BCUT2D eigenvalue weighted by Gasteiger charge is 2.42. The predicted molar refractivity (Wildman–Crippen MR) is 253 cm³/mol. The van der Waals surface area contributed by atoms with Gasteiger partial charge in [0.25, 0.3) is 11.8 Å². The molecule has 6 aromatic rings. The van der Waals surface area contributed by atoms with Gasteiger partial charge in [-0.2, -0.15) is 0 Å². The number of rotatable bonds is 18. The summed E-state index contributed by atoms with van der Waals surface area (Å²) in [5.74, 6) is -0.852. The molecule has 67 heavy (non-hydrogen) atoms. The number of fused-ring (bicyclic) bond motifs is 1. The van der Waals surface area contributed by atoms with Gasteiger partial charge in [-0.05, 0) is 110 Å². The van der Waals surface area contributed by atoms with Gasteiger partial charge in [0, 0.05) is 54.8 Å². The molecule has 0 radical (unpaired) electrons. The van der Waals surface area contributed by atoms with Gasteiger partial charge in [0.1, 0.15) is 11.5 Å². The number of pyridine rings is 1. The fourth-order valence-electron chi connectivity index (χ4n) is 8.91. The maximum atomic E-state index is 13.9. The number of aromatic hydroxyl groups is 1. The molecule has 14 nitrogen and oxygen atoms in total. The lowest BCUT2D eigenvalue weighted by Crippen LogP contribution is -2.40. The number of aromatic amines is 1. The van der Waals surface area contributed by atoms with Crippen LogP contribution in [0.2, 0.25) is 0 Å². The van der Waals surface area contributed by atoms with E-state index in [4.69, 9.17) is 9.47 Å². The van der Waals surface area contributed by atoms with Crippen molar-refractivity contribution in [3.63, 3.8) is 0 Å². The van der Waals surface area contributed by atoms with Gasteiger partial charge in [-0.3, -0.25) is 19.3 Å². The Bertz CT molecular complexity index is 2690. The van der Waals surface area contributed by atoms with Crippen molar-refractivity contribution in [3.8, 4) is 11.5 Å². The van der Waals surface area contributed by atoms with Crippen molar-refractivity contribution in [3.05, 3.63) is 177 Å². The molecule has 2 amide bonds. The molecule has 0 spiro atoms. The van der Waals surface area contributed by atoms with Crippen molar-refractivity contribution < 1.29 is 39.2 Å². The van der Waals surface area contributed by atoms with Gasteiger partial charge < -0.3 is 45.3 Å². The summed E-state index contributed by atoms with van der Waals surface area (Å²) in [4.78, 5) is 58.8. The number of H-pyrrole nitrogens is 1. The molecule has 2 aliphatic rings. The average Bonchev–Trinajstić information content (AvgIpc) is 3.83. The van der Waals surface area contributed by atoms with E-state index in [1.165, 1.54) is 17.7 Å². The number of aromatic nitrogens is 1. The van der Waals surface area contributed by atoms with E-state index in [0.29, 0.717) is 60.3 Å². The van der Waals surface area contributed by atoms with E-state index in [1.807, 2.05) is 36.4 Å². The van der Waals surface area contributed by atoms with Crippen LogP contribution < -0.4 is 20.9 Å². The minimum atomic E-state index is -2.11. The molecule has 2 fully saturated rings. The van der Waals surface area contributed by atoms with E-state index in [1.54, 1.807) is 77.7 Å². The van der Waals surface area contributed by atoms with Gasteiger partial charge >= 0.3 is 5.97 Å². The molecule has 2 aliphatic heterocycles. The van der Waals surface area contributed by atoms with Crippen molar-refractivity contribution in [2.24, 2.45) is 5.92 Å². The van der Waals surface area contributed by atoms with Gasteiger partial charge in [-0.1, -0.05) is 91.0 Å². The monoisotopic (exact) mass is 907 g/mol. The molecule has 8 rings (SSSR count). The molecule has 5 aromatic carbocycles. The van der Waals surface area contributed by atoms with E-state index in [9.17, 15) is 34.5 Å². The first-order valence-corrected chi connectivity index (χ1v) is 22.9. The molecule has 3 heterocycles. The SMILES string of the molecule is O=C(N[C@@H]1CCN(C(=O)COc2cccc(C(O)(C(=O)OCC3CCN(Cc4ccccc4)CC3)c3ccccc3)c2)C1)c1ccc(CCNC[C@H](O)c2ccc(O)c3[nH]c(=O)ccc23)cc1. The van der Waals surface area contributed by atoms with Crippen molar-refractivity contribution in [2.75, 3.05) is 52.5 Å². The standard InChI is InChI=1S/C53H57N5O9/c59-46-20-18-44(45-19-21-48(61)56-50(45)46)47(60)31-54-26-22-36-14-16-39(17-15-36)51(63)55-42-25-29-58(33-42)49(62)35-66-43-13-7-12-41(30-43)53(65,40-10-5-2-6-11-40)52(64)67-34-38-23-27-57(28-24-38)32-37-8-3-1-4-9-37/h1-21,30,38,42,47,54,59-60,65H,22-29,31-35H2,(H,55,63)(H,56,61)/t42-,47+,53?/m1/s1. The van der Waals surface area contributed by atoms with Crippen LogP contribution in [0.4, 0.5) is 0 Å². The summed E-state index contributed by atoms with van der Waals surface area (Å²) in [5, 5.41) is 40.0. The number of nitrogens with zero attached hydrogens (tertiary/aromatic N) is 2. The van der Waals surface area contributed by atoms with E-state index >= 15 is 0 Å². The molecule has 0 bridgehead atoms. The van der Waals surface area contributed by atoms with E-state index in [-0.39, 0.29) is 65.9 Å². The predicted octanol–water partition coefficient (Wildman–Crippen LogP) is 5.20. The normalized spacial score (nSPS) is 16.9. The van der Waals surface area contributed by atoms with Crippen LogP contribution in [0.5, 0.6) is 11.5 Å². The average molecular weight is 908 g/mol. The zero-order chi connectivity index (χ0) is 46.8. The minimum absolute atomic E-state index is 0.0648. The fourth-order valence-corrected chi connectivity index (χ4v) is 8.91. The van der Waals surface area contributed by atoms with Crippen LogP contribution in [0.3, 0.4) is 0 Å². The van der Waals surface area contributed by atoms with Gasteiger partial charge in [0.2, 0.25) is 11.2 Å². The number of nitrogens with one attached hydrogen (secondary N) is 3. The molecular formula is C53H57N5O9. The van der Waals surface area contributed by atoms with Crippen LogP contribution >= 0.6 is 0 Å². The smallest absolute Gasteiger partial charge is 0.347 e.